The van der Waals surface area contributed by atoms with Gasteiger partial charge in [0.2, 0.25) is 0 Å². The number of hydrogen-bond acceptors (Lipinski definition) is 3. The highest BCUT2D eigenvalue weighted by Gasteiger charge is 2.23. The quantitative estimate of drug-likeness (QED) is 0.521. The number of methoxy groups -OCH3 is 1. The first kappa shape index (κ1) is 19.5. The van der Waals surface area contributed by atoms with Gasteiger partial charge in [0.05, 0.1) is 12.9 Å². The van der Waals surface area contributed by atoms with Crippen molar-refractivity contribution >= 4 is 25.8 Å². The van der Waals surface area contributed by atoms with Crippen molar-refractivity contribution < 1.29 is 21.9 Å². The van der Waals surface area contributed by atoms with Crippen molar-refractivity contribution in [2.24, 2.45) is 0 Å². The Kier molecular flexibility index (Phi) is 5.62. The van der Waals surface area contributed by atoms with Gasteiger partial charge in [-0.05, 0) is 29.8 Å². The molecule has 0 aliphatic carbocycles. The molecule has 0 saturated heterocycles. The molecular weight excluding hydrogens is 438 g/mol. The minimum atomic E-state index is -3.93. The van der Waals surface area contributed by atoms with Crippen molar-refractivity contribution in [1.29, 1.82) is 0 Å². The summed E-state index contributed by atoms with van der Waals surface area (Å²) in [5.74, 6) is -2.13. The smallest absolute Gasteiger partial charge is 0.186 e. The summed E-state index contributed by atoms with van der Waals surface area (Å²) in [7, 11) is -2.57. The maximum absolute atomic E-state index is 14.3. The molecular formula is C20H15BrF2O3S. The summed E-state index contributed by atoms with van der Waals surface area (Å²) in [5, 5.41) is 0. The number of halogens is 3. The number of rotatable bonds is 5. The molecule has 0 aliphatic heterocycles. The summed E-state index contributed by atoms with van der Waals surface area (Å²) >= 11 is 3.23. The van der Waals surface area contributed by atoms with Crippen molar-refractivity contribution in [3.05, 3.63) is 82.3 Å². The van der Waals surface area contributed by atoms with Gasteiger partial charge < -0.3 is 4.74 Å². The van der Waals surface area contributed by atoms with E-state index in [1.54, 1.807) is 36.4 Å². The van der Waals surface area contributed by atoms with Crippen molar-refractivity contribution in [2.45, 2.75) is 10.6 Å². The van der Waals surface area contributed by atoms with Crippen LogP contribution in [0.2, 0.25) is 0 Å². The summed E-state index contributed by atoms with van der Waals surface area (Å²) < 4.78 is 59.9. The molecule has 3 aromatic carbocycles. The minimum Gasteiger partial charge on any atom is -0.495 e. The topological polar surface area (TPSA) is 43.4 Å². The SMILES string of the molecule is COc1ccc(Br)cc1S(=O)(=O)Cc1cc(-c2ccccc2)c(F)cc1F. The van der Waals surface area contributed by atoms with Gasteiger partial charge in [0.15, 0.2) is 9.84 Å². The van der Waals surface area contributed by atoms with Gasteiger partial charge >= 0.3 is 0 Å². The first-order chi connectivity index (χ1) is 12.8. The van der Waals surface area contributed by atoms with Crippen LogP contribution < -0.4 is 4.74 Å². The Bertz CT molecular complexity index is 1080. The Balaban J connectivity index is 2.06. The lowest BCUT2D eigenvalue weighted by Crippen LogP contribution is -2.09. The highest BCUT2D eigenvalue weighted by atomic mass is 79.9. The fourth-order valence-corrected chi connectivity index (χ4v) is 4.78. The van der Waals surface area contributed by atoms with E-state index in [1.165, 1.54) is 25.3 Å². The maximum Gasteiger partial charge on any atom is 0.186 e. The summed E-state index contributed by atoms with van der Waals surface area (Å²) in [6.07, 6.45) is 0. The van der Waals surface area contributed by atoms with Crippen LogP contribution in [-0.4, -0.2) is 15.5 Å². The summed E-state index contributed by atoms with van der Waals surface area (Å²) in [6.45, 7) is 0. The van der Waals surface area contributed by atoms with Crippen molar-refractivity contribution in [1.82, 2.24) is 0 Å². The van der Waals surface area contributed by atoms with E-state index in [-0.39, 0.29) is 21.8 Å². The molecule has 0 unspecified atom stereocenters. The van der Waals surface area contributed by atoms with Crippen LogP contribution in [0.1, 0.15) is 5.56 Å². The van der Waals surface area contributed by atoms with Crippen LogP contribution in [0.15, 0.2) is 70.0 Å². The van der Waals surface area contributed by atoms with Crippen LogP contribution in [0.5, 0.6) is 5.75 Å². The average molecular weight is 453 g/mol. The van der Waals surface area contributed by atoms with E-state index in [0.717, 1.165) is 0 Å². The van der Waals surface area contributed by atoms with Crippen LogP contribution in [0, 0.1) is 11.6 Å². The largest absolute Gasteiger partial charge is 0.495 e. The van der Waals surface area contributed by atoms with Crippen LogP contribution in [0.25, 0.3) is 11.1 Å². The molecule has 140 valence electrons. The average Bonchev–Trinajstić information content (AvgIpc) is 2.64. The molecule has 0 heterocycles. The molecule has 7 heteroatoms. The third-order valence-electron chi connectivity index (χ3n) is 4.03. The third kappa shape index (κ3) is 4.20. The van der Waals surface area contributed by atoms with Gasteiger partial charge in [-0.1, -0.05) is 46.3 Å². The van der Waals surface area contributed by atoms with Gasteiger partial charge in [-0.15, -0.1) is 0 Å². The minimum absolute atomic E-state index is 0.0654. The van der Waals surface area contributed by atoms with Gasteiger partial charge in [0.25, 0.3) is 0 Å². The normalized spacial score (nSPS) is 11.4. The van der Waals surface area contributed by atoms with Crippen LogP contribution in [-0.2, 0) is 15.6 Å². The molecule has 3 rings (SSSR count). The Labute approximate surface area is 164 Å². The molecule has 0 N–H and O–H groups in total. The molecule has 3 aromatic rings. The van der Waals surface area contributed by atoms with E-state index < -0.39 is 27.2 Å². The Morgan fingerprint density at radius 1 is 0.963 bits per heavy atom. The highest BCUT2D eigenvalue weighted by Crippen LogP contribution is 2.32. The lowest BCUT2D eigenvalue weighted by atomic mass is 10.0. The van der Waals surface area contributed by atoms with Crippen LogP contribution in [0.3, 0.4) is 0 Å². The number of hydrogen-bond donors (Lipinski definition) is 0. The molecule has 27 heavy (non-hydrogen) atoms. The fraction of sp³-hybridized carbons (Fsp3) is 0.100. The second-order valence-corrected chi connectivity index (χ2v) is 8.72. The van der Waals surface area contributed by atoms with E-state index in [1.807, 2.05) is 0 Å². The Hall–Kier alpha value is -2.25. The van der Waals surface area contributed by atoms with E-state index in [9.17, 15) is 17.2 Å². The molecule has 0 atom stereocenters. The number of benzene rings is 3. The predicted octanol–water partition coefficient (Wildman–Crippen LogP) is 5.38. The molecule has 0 radical (unpaired) electrons. The van der Waals surface area contributed by atoms with E-state index in [2.05, 4.69) is 15.9 Å². The van der Waals surface area contributed by atoms with Gasteiger partial charge in [-0.2, -0.15) is 0 Å². The van der Waals surface area contributed by atoms with Crippen molar-refractivity contribution in [3.8, 4) is 16.9 Å². The van der Waals surface area contributed by atoms with Crippen LogP contribution >= 0.6 is 15.9 Å². The first-order valence-corrected chi connectivity index (χ1v) is 10.4. The van der Waals surface area contributed by atoms with Crippen molar-refractivity contribution in [2.75, 3.05) is 7.11 Å². The zero-order valence-electron chi connectivity index (χ0n) is 14.2. The molecule has 0 amide bonds. The Morgan fingerprint density at radius 3 is 2.33 bits per heavy atom. The number of ether oxygens (including phenoxy) is 1. The van der Waals surface area contributed by atoms with Gasteiger partial charge in [0.1, 0.15) is 22.3 Å². The van der Waals surface area contributed by atoms with Gasteiger partial charge in [0, 0.05) is 21.7 Å². The molecule has 0 saturated carbocycles. The standard InChI is InChI=1S/C20H15BrF2O3S/c1-26-19-8-7-15(21)10-20(19)27(24,25)12-14-9-16(18(23)11-17(14)22)13-5-3-2-4-6-13/h2-11H,12H2,1H3. The summed E-state index contributed by atoms with van der Waals surface area (Å²) in [5.41, 5.74) is 0.564. The molecule has 0 spiro atoms. The summed E-state index contributed by atoms with van der Waals surface area (Å²) in [6, 6.07) is 15.1. The monoisotopic (exact) mass is 452 g/mol. The zero-order chi connectivity index (χ0) is 19.6. The summed E-state index contributed by atoms with van der Waals surface area (Å²) in [4.78, 5) is -0.0654. The fourth-order valence-electron chi connectivity index (χ4n) is 2.72. The van der Waals surface area contributed by atoms with Gasteiger partial charge in [-0.25, -0.2) is 17.2 Å². The molecule has 0 fully saturated rings. The van der Waals surface area contributed by atoms with E-state index in [0.29, 0.717) is 16.1 Å². The molecule has 0 aromatic heterocycles. The highest BCUT2D eigenvalue weighted by molar-refractivity contribution is 9.10. The maximum atomic E-state index is 14.3. The van der Waals surface area contributed by atoms with E-state index >= 15 is 0 Å². The second kappa shape index (κ2) is 7.78. The zero-order valence-corrected chi connectivity index (χ0v) is 16.6. The van der Waals surface area contributed by atoms with Gasteiger partial charge in [-0.3, -0.25) is 0 Å². The number of sulfone groups is 1. The molecule has 0 bridgehead atoms. The third-order valence-corrected chi connectivity index (χ3v) is 6.20. The Morgan fingerprint density at radius 2 is 1.67 bits per heavy atom. The molecule has 3 nitrogen and oxygen atoms in total. The molecule has 0 aliphatic rings. The first-order valence-electron chi connectivity index (χ1n) is 7.91. The predicted molar refractivity (Wildman–Crippen MR) is 103 cm³/mol. The second-order valence-electron chi connectivity index (χ2n) is 5.84. The van der Waals surface area contributed by atoms with Crippen molar-refractivity contribution in [3.63, 3.8) is 0 Å². The lowest BCUT2D eigenvalue weighted by Gasteiger charge is -2.12. The van der Waals surface area contributed by atoms with Crippen LogP contribution in [0.4, 0.5) is 8.78 Å². The lowest BCUT2D eigenvalue weighted by molar-refractivity contribution is 0.402. The van der Waals surface area contributed by atoms with E-state index in [4.69, 9.17) is 4.74 Å².